The molecule has 1 aromatic rings. The molecule has 0 saturated carbocycles. The fraction of sp³-hybridized carbons (Fsp3) is 0.529. The lowest BCUT2D eigenvalue weighted by molar-refractivity contribution is -0.126. The molecule has 0 spiro atoms. The smallest absolute Gasteiger partial charge is 0.246 e. The minimum Gasteiger partial charge on any atom is -0.387 e. The highest BCUT2D eigenvalue weighted by atomic mass is 16.5. The van der Waals surface area contributed by atoms with Crippen molar-refractivity contribution < 1.29 is 14.6 Å². The van der Waals surface area contributed by atoms with Crippen molar-refractivity contribution in [3.05, 3.63) is 36.2 Å². The molecule has 6 nitrogen and oxygen atoms in total. The van der Waals surface area contributed by atoms with Crippen LogP contribution in [0.15, 0.2) is 30.6 Å². The van der Waals surface area contributed by atoms with Crippen LogP contribution in [0, 0.1) is 0 Å². The molecule has 23 heavy (non-hydrogen) atoms. The van der Waals surface area contributed by atoms with Gasteiger partial charge in [0.25, 0.3) is 0 Å². The van der Waals surface area contributed by atoms with E-state index < -0.39 is 5.60 Å². The molecule has 0 radical (unpaired) electrons. The maximum Gasteiger partial charge on any atom is 0.246 e. The van der Waals surface area contributed by atoms with Crippen LogP contribution in [0.25, 0.3) is 6.08 Å². The van der Waals surface area contributed by atoms with Crippen LogP contribution in [-0.4, -0.2) is 77.3 Å². The van der Waals surface area contributed by atoms with Crippen molar-refractivity contribution in [2.75, 3.05) is 45.9 Å². The Morgan fingerprint density at radius 3 is 2.78 bits per heavy atom. The van der Waals surface area contributed by atoms with Gasteiger partial charge in [0.15, 0.2) is 0 Å². The summed E-state index contributed by atoms with van der Waals surface area (Å²) in [7, 11) is 0. The van der Waals surface area contributed by atoms with E-state index in [4.69, 9.17) is 4.74 Å². The molecule has 1 aromatic heterocycles. The van der Waals surface area contributed by atoms with Crippen molar-refractivity contribution in [2.45, 2.75) is 12.0 Å². The van der Waals surface area contributed by atoms with Gasteiger partial charge in [-0.05, 0) is 30.2 Å². The quantitative estimate of drug-likeness (QED) is 0.814. The Morgan fingerprint density at radius 2 is 2.04 bits per heavy atom. The molecule has 1 N–H and O–H groups in total. The number of carbonyl (C=O) groups is 1. The zero-order valence-electron chi connectivity index (χ0n) is 13.2. The number of likely N-dealkylation sites (tertiary alicyclic amines) is 1. The van der Waals surface area contributed by atoms with E-state index in [1.807, 2.05) is 12.1 Å². The van der Waals surface area contributed by atoms with Crippen LogP contribution in [0.5, 0.6) is 0 Å². The highest BCUT2D eigenvalue weighted by Gasteiger charge is 2.39. The van der Waals surface area contributed by atoms with Crippen molar-refractivity contribution in [3.8, 4) is 0 Å². The molecule has 0 bridgehead atoms. The molecule has 2 saturated heterocycles. The minimum atomic E-state index is -0.808. The van der Waals surface area contributed by atoms with Gasteiger partial charge in [-0.1, -0.05) is 0 Å². The summed E-state index contributed by atoms with van der Waals surface area (Å²) >= 11 is 0. The summed E-state index contributed by atoms with van der Waals surface area (Å²) in [5.41, 5.74) is 0.133. The minimum absolute atomic E-state index is 0.0558. The summed E-state index contributed by atoms with van der Waals surface area (Å²) in [4.78, 5) is 20.2. The number of rotatable bonds is 4. The summed E-state index contributed by atoms with van der Waals surface area (Å²) < 4.78 is 5.33. The van der Waals surface area contributed by atoms with E-state index in [1.165, 1.54) is 0 Å². The zero-order chi connectivity index (χ0) is 16.1. The summed E-state index contributed by atoms with van der Waals surface area (Å²) in [5, 5.41) is 10.7. The van der Waals surface area contributed by atoms with Gasteiger partial charge in [-0.25, -0.2) is 0 Å². The van der Waals surface area contributed by atoms with Gasteiger partial charge in [0.05, 0.1) is 25.4 Å². The number of aromatic nitrogens is 1. The maximum absolute atomic E-state index is 12.3. The normalized spacial score (nSPS) is 26.0. The molecule has 1 unspecified atom stereocenters. The standard InChI is InChI=1S/C17H23N3O3/c21-16(2-1-15-3-6-18-7-4-15)20-8-5-17(22,14-20)13-19-9-11-23-12-10-19/h1-4,6-7,22H,5,8-14H2/b2-1+. The molecular formula is C17H23N3O3. The Kier molecular flexibility index (Phi) is 5.05. The highest BCUT2D eigenvalue weighted by molar-refractivity contribution is 5.92. The molecule has 2 aliphatic rings. The Morgan fingerprint density at radius 1 is 1.30 bits per heavy atom. The Labute approximate surface area is 136 Å². The Hall–Kier alpha value is -1.76. The number of hydrogen-bond donors (Lipinski definition) is 1. The van der Waals surface area contributed by atoms with Crippen molar-refractivity contribution >= 4 is 12.0 Å². The summed E-state index contributed by atoms with van der Waals surface area (Å²) in [6, 6.07) is 3.70. The second-order valence-corrected chi connectivity index (χ2v) is 6.24. The van der Waals surface area contributed by atoms with E-state index in [2.05, 4.69) is 9.88 Å². The largest absolute Gasteiger partial charge is 0.387 e. The lowest BCUT2D eigenvalue weighted by Gasteiger charge is -2.33. The van der Waals surface area contributed by atoms with Gasteiger partial charge in [0, 0.05) is 44.6 Å². The van der Waals surface area contributed by atoms with E-state index in [0.717, 1.165) is 18.7 Å². The fourth-order valence-corrected chi connectivity index (χ4v) is 3.10. The highest BCUT2D eigenvalue weighted by Crippen LogP contribution is 2.23. The number of morpholine rings is 1. The lowest BCUT2D eigenvalue weighted by atomic mass is 10.0. The van der Waals surface area contributed by atoms with E-state index in [9.17, 15) is 9.90 Å². The summed E-state index contributed by atoms with van der Waals surface area (Å²) in [5.74, 6) is -0.0558. The first-order valence-electron chi connectivity index (χ1n) is 8.04. The molecule has 124 valence electrons. The van der Waals surface area contributed by atoms with Gasteiger partial charge < -0.3 is 14.7 Å². The van der Waals surface area contributed by atoms with Crippen LogP contribution in [0.3, 0.4) is 0 Å². The molecule has 1 amide bonds. The second-order valence-electron chi connectivity index (χ2n) is 6.24. The van der Waals surface area contributed by atoms with Crippen LogP contribution < -0.4 is 0 Å². The molecule has 0 aliphatic carbocycles. The Bertz CT molecular complexity index is 557. The monoisotopic (exact) mass is 317 g/mol. The number of pyridine rings is 1. The van der Waals surface area contributed by atoms with E-state index in [-0.39, 0.29) is 5.91 Å². The second kappa shape index (κ2) is 7.21. The molecule has 6 heteroatoms. The third kappa shape index (κ3) is 4.37. The van der Waals surface area contributed by atoms with Crippen molar-refractivity contribution in [3.63, 3.8) is 0 Å². The predicted molar refractivity (Wildman–Crippen MR) is 86.7 cm³/mol. The number of aliphatic hydroxyl groups is 1. The number of β-amino-alcohol motifs (C(OH)–C–C–N with tert-alkyl or cyclic N) is 1. The third-order valence-corrected chi connectivity index (χ3v) is 4.39. The summed E-state index contributed by atoms with van der Waals surface area (Å²) in [6.07, 6.45) is 7.36. The summed E-state index contributed by atoms with van der Waals surface area (Å²) in [6.45, 7) is 4.72. The van der Waals surface area contributed by atoms with Gasteiger partial charge >= 0.3 is 0 Å². The molecule has 3 rings (SSSR count). The zero-order valence-corrected chi connectivity index (χ0v) is 13.2. The Balaban J connectivity index is 1.53. The number of hydrogen-bond acceptors (Lipinski definition) is 5. The van der Waals surface area contributed by atoms with Crippen LogP contribution in [0.4, 0.5) is 0 Å². The van der Waals surface area contributed by atoms with Crippen molar-refractivity contribution in [2.24, 2.45) is 0 Å². The lowest BCUT2D eigenvalue weighted by Crippen LogP contribution is -2.49. The average Bonchev–Trinajstić information content (AvgIpc) is 2.96. The van der Waals surface area contributed by atoms with Crippen LogP contribution in [-0.2, 0) is 9.53 Å². The topological polar surface area (TPSA) is 65.9 Å². The SMILES string of the molecule is O=C(/C=C/c1ccncc1)N1CCC(O)(CN2CCOCC2)C1. The first-order valence-corrected chi connectivity index (χ1v) is 8.04. The van der Waals surface area contributed by atoms with Gasteiger partial charge in [-0.2, -0.15) is 0 Å². The molecule has 2 aliphatic heterocycles. The van der Waals surface area contributed by atoms with Crippen LogP contribution in [0.2, 0.25) is 0 Å². The number of ether oxygens (including phenoxy) is 1. The van der Waals surface area contributed by atoms with Gasteiger partial charge in [0.2, 0.25) is 5.91 Å². The first kappa shape index (κ1) is 16.1. The maximum atomic E-state index is 12.3. The van der Waals surface area contributed by atoms with Crippen LogP contribution >= 0.6 is 0 Å². The van der Waals surface area contributed by atoms with Gasteiger partial charge in [-0.15, -0.1) is 0 Å². The van der Waals surface area contributed by atoms with Crippen molar-refractivity contribution in [1.82, 2.24) is 14.8 Å². The van der Waals surface area contributed by atoms with Gasteiger partial charge in [-0.3, -0.25) is 14.7 Å². The fourth-order valence-electron chi connectivity index (χ4n) is 3.10. The molecule has 1 atom stereocenters. The van der Waals surface area contributed by atoms with Crippen molar-refractivity contribution in [1.29, 1.82) is 0 Å². The van der Waals surface area contributed by atoms with E-state index in [0.29, 0.717) is 39.3 Å². The molecular weight excluding hydrogens is 294 g/mol. The number of nitrogens with zero attached hydrogens (tertiary/aromatic N) is 3. The van der Waals surface area contributed by atoms with E-state index >= 15 is 0 Å². The van der Waals surface area contributed by atoms with Gasteiger partial charge in [0.1, 0.15) is 0 Å². The van der Waals surface area contributed by atoms with Crippen LogP contribution in [0.1, 0.15) is 12.0 Å². The number of carbonyl (C=O) groups excluding carboxylic acids is 1. The van der Waals surface area contributed by atoms with E-state index in [1.54, 1.807) is 29.4 Å². The molecule has 3 heterocycles. The predicted octanol–water partition coefficient (Wildman–Crippen LogP) is 0.390. The molecule has 2 fully saturated rings. The first-order chi connectivity index (χ1) is 11.1. The number of amides is 1. The third-order valence-electron chi connectivity index (χ3n) is 4.39. The average molecular weight is 317 g/mol. The molecule has 0 aromatic carbocycles.